The first kappa shape index (κ1) is 20.1. The summed E-state index contributed by atoms with van der Waals surface area (Å²) < 4.78 is 0. The summed E-state index contributed by atoms with van der Waals surface area (Å²) in [5, 5.41) is 8.75. The van der Waals surface area contributed by atoms with Crippen LogP contribution in [0.4, 0.5) is 10.5 Å². The number of imide groups is 1. The van der Waals surface area contributed by atoms with Gasteiger partial charge in [-0.25, -0.2) is 4.79 Å². The molecule has 0 spiro atoms. The van der Waals surface area contributed by atoms with Crippen molar-refractivity contribution < 1.29 is 19.2 Å². The van der Waals surface area contributed by atoms with Gasteiger partial charge in [0.05, 0.1) is 0 Å². The fourth-order valence-corrected chi connectivity index (χ4v) is 3.61. The fourth-order valence-electron chi connectivity index (χ4n) is 3.61. The summed E-state index contributed by atoms with van der Waals surface area (Å²) in [5.74, 6) is -1.28. The monoisotopic (exact) mass is 419 g/mol. The lowest BCUT2D eigenvalue weighted by atomic mass is 10.1. The van der Waals surface area contributed by atoms with Crippen LogP contribution in [0.2, 0.25) is 0 Å². The van der Waals surface area contributed by atoms with Crippen molar-refractivity contribution in [3.8, 4) is 0 Å². The van der Waals surface area contributed by atoms with E-state index in [9.17, 15) is 19.2 Å². The molecule has 0 aliphatic carbocycles. The maximum Gasteiger partial charge on any atom is 0.325 e. The first-order valence-electron chi connectivity index (χ1n) is 9.75. The number of aromatic amines is 1. The predicted molar refractivity (Wildman–Crippen MR) is 114 cm³/mol. The highest BCUT2D eigenvalue weighted by Crippen LogP contribution is 2.21. The van der Waals surface area contributed by atoms with Crippen molar-refractivity contribution in [2.75, 3.05) is 18.9 Å². The van der Waals surface area contributed by atoms with Gasteiger partial charge in [0.1, 0.15) is 12.6 Å². The lowest BCUT2D eigenvalue weighted by Gasteiger charge is -2.13. The quantitative estimate of drug-likeness (QED) is 0.454. The molecule has 0 bridgehead atoms. The van der Waals surface area contributed by atoms with Gasteiger partial charge in [0.2, 0.25) is 5.91 Å². The van der Waals surface area contributed by atoms with Crippen molar-refractivity contribution in [3.05, 3.63) is 65.9 Å². The summed E-state index contributed by atoms with van der Waals surface area (Å²) in [6, 6.07) is 12.7. The van der Waals surface area contributed by atoms with E-state index in [0.717, 1.165) is 21.4 Å². The predicted octanol–water partition coefficient (Wildman–Crippen LogP) is 1.63. The Morgan fingerprint density at radius 2 is 1.90 bits per heavy atom. The molecule has 1 aliphatic rings. The van der Waals surface area contributed by atoms with E-state index in [1.165, 1.54) is 13.1 Å². The number of benzene rings is 2. The average molecular weight is 419 g/mol. The summed E-state index contributed by atoms with van der Waals surface area (Å²) in [6.45, 7) is -0.417. The van der Waals surface area contributed by atoms with Gasteiger partial charge in [-0.3, -0.25) is 19.3 Å². The number of anilines is 1. The Balaban J connectivity index is 1.41. The number of aromatic nitrogens is 1. The third kappa shape index (κ3) is 4.11. The van der Waals surface area contributed by atoms with E-state index in [1.54, 1.807) is 18.2 Å². The third-order valence-corrected chi connectivity index (χ3v) is 5.14. The molecule has 1 saturated heterocycles. The number of carbonyl (C=O) groups excluding carboxylic acids is 4. The Bertz CT molecular complexity index is 1190. The van der Waals surface area contributed by atoms with Crippen LogP contribution in [-0.4, -0.2) is 53.3 Å². The second kappa shape index (κ2) is 8.31. The van der Waals surface area contributed by atoms with Gasteiger partial charge >= 0.3 is 6.03 Å². The summed E-state index contributed by atoms with van der Waals surface area (Å²) in [7, 11) is 1.51. The maximum atomic E-state index is 12.7. The van der Waals surface area contributed by atoms with E-state index in [-0.39, 0.29) is 5.91 Å². The summed E-state index contributed by atoms with van der Waals surface area (Å²) in [4.78, 5) is 53.3. The molecule has 1 atom stereocenters. The number of nitrogens with one attached hydrogen (secondary N) is 4. The van der Waals surface area contributed by atoms with Gasteiger partial charge in [-0.1, -0.05) is 24.3 Å². The highest BCUT2D eigenvalue weighted by Gasteiger charge is 2.39. The summed E-state index contributed by atoms with van der Waals surface area (Å²) in [6.07, 6.45) is 2.14. The zero-order valence-electron chi connectivity index (χ0n) is 16.8. The molecule has 2 heterocycles. The van der Waals surface area contributed by atoms with Gasteiger partial charge in [0.15, 0.2) is 0 Å². The zero-order chi connectivity index (χ0) is 22.0. The van der Waals surface area contributed by atoms with E-state index in [2.05, 4.69) is 20.9 Å². The Kier molecular flexibility index (Phi) is 5.40. The van der Waals surface area contributed by atoms with Crippen molar-refractivity contribution >= 4 is 40.3 Å². The number of hydrogen-bond donors (Lipinski definition) is 4. The smallest absolute Gasteiger partial charge is 0.325 e. The van der Waals surface area contributed by atoms with Crippen LogP contribution in [0.25, 0.3) is 10.9 Å². The Labute approximate surface area is 177 Å². The number of carbonyl (C=O) groups is 4. The van der Waals surface area contributed by atoms with Gasteiger partial charge in [0, 0.05) is 41.8 Å². The molecule has 1 aliphatic heterocycles. The number of urea groups is 1. The molecule has 1 unspecified atom stereocenters. The summed E-state index contributed by atoms with van der Waals surface area (Å²) in [5.41, 5.74) is 2.64. The second-order valence-electron chi connectivity index (χ2n) is 7.20. The lowest BCUT2D eigenvalue weighted by molar-refractivity contribution is -0.130. The molecule has 158 valence electrons. The van der Waals surface area contributed by atoms with Gasteiger partial charge in [-0.05, 0) is 29.8 Å². The number of hydrogen-bond acceptors (Lipinski definition) is 4. The minimum atomic E-state index is -0.740. The Hall–Kier alpha value is -4.14. The number of fused-ring (bicyclic) bond motifs is 1. The second-order valence-corrected chi connectivity index (χ2v) is 7.20. The van der Waals surface area contributed by atoms with Gasteiger partial charge < -0.3 is 20.9 Å². The zero-order valence-corrected chi connectivity index (χ0v) is 16.8. The number of para-hydroxylation sites is 1. The van der Waals surface area contributed by atoms with Crippen LogP contribution in [0.1, 0.15) is 15.9 Å². The van der Waals surface area contributed by atoms with Crippen molar-refractivity contribution in [1.82, 2.24) is 20.5 Å². The van der Waals surface area contributed by atoms with Gasteiger partial charge in [-0.15, -0.1) is 0 Å². The molecule has 0 saturated carbocycles. The van der Waals surface area contributed by atoms with Crippen LogP contribution in [0.15, 0.2) is 54.7 Å². The third-order valence-electron chi connectivity index (χ3n) is 5.14. The molecule has 3 aromatic rings. The first-order chi connectivity index (χ1) is 15.0. The van der Waals surface area contributed by atoms with Gasteiger partial charge in [0.25, 0.3) is 11.8 Å². The van der Waals surface area contributed by atoms with E-state index >= 15 is 0 Å². The molecule has 31 heavy (non-hydrogen) atoms. The van der Waals surface area contributed by atoms with Crippen LogP contribution in [0.5, 0.6) is 0 Å². The van der Waals surface area contributed by atoms with Crippen LogP contribution in [-0.2, 0) is 16.0 Å². The number of nitrogens with zero attached hydrogens (tertiary/aromatic N) is 1. The van der Waals surface area contributed by atoms with Crippen LogP contribution < -0.4 is 16.0 Å². The van der Waals surface area contributed by atoms with Crippen LogP contribution >= 0.6 is 0 Å². The largest absolute Gasteiger partial charge is 0.361 e. The topological polar surface area (TPSA) is 123 Å². The van der Waals surface area contributed by atoms with E-state index in [4.69, 9.17) is 0 Å². The number of amides is 5. The minimum absolute atomic E-state index is 0.287. The first-order valence-corrected chi connectivity index (χ1v) is 9.75. The van der Waals surface area contributed by atoms with Gasteiger partial charge in [-0.2, -0.15) is 0 Å². The highest BCUT2D eigenvalue weighted by atomic mass is 16.2. The Morgan fingerprint density at radius 1 is 1.10 bits per heavy atom. The molecular weight excluding hydrogens is 398 g/mol. The minimum Gasteiger partial charge on any atom is -0.361 e. The highest BCUT2D eigenvalue weighted by molar-refractivity contribution is 6.08. The molecule has 5 amide bonds. The Morgan fingerprint density at radius 3 is 2.71 bits per heavy atom. The molecular formula is C22H21N5O4. The van der Waals surface area contributed by atoms with Crippen molar-refractivity contribution in [2.45, 2.75) is 12.5 Å². The maximum absolute atomic E-state index is 12.7. The molecule has 9 heteroatoms. The van der Waals surface area contributed by atoms with Crippen LogP contribution in [0.3, 0.4) is 0 Å². The van der Waals surface area contributed by atoms with E-state index in [1.807, 2.05) is 30.5 Å². The fraction of sp³-hybridized carbons (Fsp3) is 0.182. The van der Waals surface area contributed by atoms with Crippen molar-refractivity contribution in [3.63, 3.8) is 0 Å². The van der Waals surface area contributed by atoms with Crippen LogP contribution in [0, 0.1) is 0 Å². The standard InChI is InChI=1S/C22H21N5O4/c1-23-20(29)13-5-4-6-15(9-13)25-19(28)12-27-21(30)18(26-22(27)31)10-14-11-24-17-8-3-2-7-16(14)17/h2-9,11,18,24H,10,12H2,1H3,(H,23,29)(H,25,28)(H,26,31). The molecule has 1 aromatic heterocycles. The van der Waals surface area contributed by atoms with Crippen molar-refractivity contribution in [2.24, 2.45) is 0 Å². The van der Waals surface area contributed by atoms with E-state index in [0.29, 0.717) is 17.7 Å². The SMILES string of the molecule is CNC(=O)c1cccc(NC(=O)CN2C(=O)NC(Cc3c[nH]c4ccccc34)C2=O)c1. The number of H-pyrrole nitrogens is 1. The lowest BCUT2D eigenvalue weighted by Crippen LogP contribution is -2.38. The average Bonchev–Trinajstić information content (AvgIpc) is 3.29. The molecule has 0 radical (unpaired) electrons. The molecule has 9 nitrogen and oxygen atoms in total. The molecule has 1 fully saturated rings. The number of rotatable bonds is 6. The summed E-state index contributed by atoms with van der Waals surface area (Å²) >= 11 is 0. The normalized spacial score (nSPS) is 15.8. The molecule has 2 aromatic carbocycles. The van der Waals surface area contributed by atoms with E-state index < -0.39 is 30.4 Å². The van der Waals surface area contributed by atoms with Crippen molar-refractivity contribution in [1.29, 1.82) is 0 Å². The molecule has 4 rings (SSSR count). The molecule has 4 N–H and O–H groups in total.